The number of carbonyl (C=O) groups excluding carboxylic acids is 1. The molecule has 0 bridgehead atoms. The topological polar surface area (TPSA) is 99.1 Å². The quantitative estimate of drug-likeness (QED) is 0.546. The van der Waals surface area contributed by atoms with Crippen LogP contribution in [0.4, 0.5) is 26.3 Å². The molecule has 7 nitrogen and oxygen atoms in total. The number of nitrogens with zero attached hydrogens (tertiary/aromatic N) is 1. The molecule has 0 saturated carbocycles. The molecule has 14 heteroatoms. The zero-order valence-corrected chi connectivity index (χ0v) is 18.5. The van der Waals surface area contributed by atoms with Crippen LogP contribution in [0.5, 0.6) is 0 Å². The normalized spacial score (nSPS) is 24.5. The minimum absolute atomic E-state index is 0.0227. The molecule has 1 amide bonds. The summed E-state index contributed by atoms with van der Waals surface area (Å²) in [4.78, 5) is 22.5. The van der Waals surface area contributed by atoms with Crippen LogP contribution in [-0.4, -0.2) is 72.1 Å². The summed E-state index contributed by atoms with van der Waals surface area (Å²) in [6.45, 7) is 3.11. The number of halogens is 6. The zero-order valence-electron chi connectivity index (χ0n) is 17.7. The lowest BCUT2D eigenvalue weighted by Crippen LogP contribution is -2.53. The maximum atomic E-state index is 13.1. The maximum absolute atomic E-state index is 13.1. The van der Waals surface area contributed by atoms with E-state index in [9.17, 15) is 36.2 Å². The largest absolute Gasteiger partial charge is 0.490 e. The van der Waals surface area contributed by atoms with Crippen molar-refractivity contribution >= 4 is 23.2 Å². The number of rotatable bonds is 3. The third kappa shape index (κ3) is 6.58. The number of hydrogen-bond acceptors (Lipinski definition) is 6. The van der Waals surface area contributed by atoms with Gasteiger partial charge >= 0.3 is 18.3 Å². The lowest BCUT2D eigenvalue weighted by Gasteiger charge is -2.47. The number of amides is 1. The molecule has 2 aliphatic rings. The number of aliphatic hydroxyl groups is 1. The van der Waals surface area contributed by atoms with Gasteiger partial charge in [0, 0.05) is 31.1 Å². The summed E-state index contributed by atoms with van der Waals surface area (Å²) in [5.74, 6) is -3.20. The number of carbonyl (C=O) groups is 2. The number of β-amino-alcohol motifs (C(OH)–C–C–N with tert-alkyl or cyclic N) is 1. The Bertz CT molecular complexity index is 859. The summed E-state index contributed by atoms with van der Waals surface area (Å²) in [5, 5.41) is 19.5. The van der Waals surface area contributed by atoms with Gasteiger partial charge in [0.25, 0.3) is 0 Å². The number of carboxylic acids is 1. The van der Waals surface area contributed by atoms with Gasteiger partial charge in [0.05, 0.1) is 6.61 Å². The van der Waals surface area contributed by atoms with Crippen molar-refractivity contribution in [1.29, 1.82) is 0 Å². The molecule has 3 atom stereocenters. The minimum atomic E-state index is -5.08. The highest BCUT2D eigenvalue weighted by molar-refractivity contribution is 7.12. The van der Waals surface area contributed by atoms with Crippen molar-refractivity contribution in [2.24, 2.45) is 0 Å². The fraction of sp³-hybridized carbons (Fsp3) is 0.684. The number of likely N-dealkylation sites (N-methyl/N-ethyl adjacent to an activating group) is 1. The molecule has 0 unspecified atom stereocenters. The molecule has 33 heavy (non-hydrogen) atoms. The molecule has 1 fully saturated rings. The predicted molar refractivity (Wildman–Crippen MR) is 105 cm³/mol. The Morgan fingerprint density at radius 1 is 1.33 bits per heavy atom. The van der Waals surface area contributed by atoms with Crippen LogP contribution < -0.4 is 5.32 Å². The van der Waals surface area contributed by atoms with E-state index in [0.29, 0.717) is 37.3 Å². The van der Waals surface area contributed by atoms with Gasteiger partial charge in [-0.2, -0.15) is 26.3 Å². The first-order chi connectivity index (χ1) is 15.1. The number of ether oxygens (including phenoxy) is 1. The monoisotopic (exact) mass is 506 g/mol. The minimum Gasteiger partial charge on any atom is -0.475 e. The molecule has 2 aliphatic heterocycles. The highest BCUT2D eigenvalue weighted by Crippen LogP contribution is 2.49. The number of piperidine rings is 1. The fourth-order valence-corrected chi connectivity index (χ4v) is 5.15. The van der Waals surface area contributed by atoms with Gasteiger partial charge in [-0.15, -0.1) is 11.3 Å². The molecule has 3 rings (SSSR count). The maximum Gasteiger partial charge on any atom is 0.490 e. The first-order valence-electron chi connectivity index (χ1n) is 9.89. The van der Waals surface area contributed by atoms with Crippen LogP contribution in [0.2, 0.25) is 0 Å². The molecule has 1 spiro atoms. The van der Waals surface area contributed by atoms with Crippen LogP contribution in [0, 0.1) is 0 Å². The summed E-state index contributed by atoms with van der Waals surface area (Å²) < 4.78 is 77.1. The van der Waals surface area contributed by atoms with Crippen molar-refractivity contribution in [3.63, 3.8) is 0 Å². The summed E-state index contributed by atoms with van der Waals surface area (Å²) in [7, 11) is 1.46. The highest BCUT2D eigenvalue weighted by Gasteiger charge is 2.47. The van der Waals surface area contributed by atoms with E-state index in [-0.39, 0.29) is 12.6 Å². The number of carboxylic acid groups (broad SMARTS) is 1. The van der Waals surface area contributed by atoms with Gasteiger partial charge in [-0.1, -0.05) is 0 Å². The average molecular weight is 506 g/mol. The number of nitrogens with one attached hydrogen (secondary N) is 1. The number of aliphatic carboxylic acids is 1. The molecular weight excluding hydrogens is 482 g/mol. The Morgan fingerprint density at radius 3 is 2.42 bits per heavy atom. The lowest BCUT2D eigenvalue weighted by atomic mass is 9.82. The van der Waals surface area contributed by atoms with E-state index in [0.717, 1.165) is 16.9 Å². The number of fused-ring (bicyclic) bond motifs is 2. The van der Waals surface area contributed by atoms with Crippen LogP contribution in [0.25, 0.3) is 0 Å². The number of hydrogen-bond donors (Lipinski definition) is 3. The molecule has 1 saturated heterocycles. The van der Waals surface area contributed by atoms with E-state index in [1.807, 2.05) is 11.8 Å². The Labute approximate surface area is 189 Å². The number of thiophene rings is 1. The number of aliphatic hydroxyl groups excluding tert-OH is 1. The average Bonchev–Trinajstić information content (AvgIpc) is 3.16. The first-order valence-corrected chi connectivity index (χ1v) is 10.7. The molecule has 188 valence electrons. The smallest absolute Gasteiger partial charge is 0.475 e. The first kappa shape index (κ1) is 27.3. The predicted octanol–water partition coefficient (Wildman–Crippen LogP) is 2.76. The molecule has 3 N–H and O–H groups in total. The standard InChI is InChI=1S/C17H23F3N2O3S.C2HF3O2/c1-10-8-16(4-5-22(10)9-12(23)15(24)21-2)14-11(3-6-25-16)7-13(26-14)17(18,19)20;3-2(4,5)1(6)7/h7,10,12,23H,3-6,8-9H2,1-2H3,(H,21,24);(H,6,7)/t10-,12-,16+;/m0./s1. The van der Waals surface area contributed by atoms with Gasteiger partial charge in [-0.25, -0.2) is 4.79 Å². The van der Waals surface area contributed by atoms with Crippen molar-refractivity contribution in [2.75, 3.05) is 26.7 Å². The Kier molecular flexibility index (Phi) is 8.41. The second-order valence-corrected chi connectivity index (χ2v) is 8.84. The summed E-state index contributed by atoms with van der Waals surface area (Å²) >= 11 is 0.791. The van der Waals surface area contributed by atoms with Crippen LogP contribution in [0.3, 0.4) is 0 Å². The van der Waals surface area contributed by atoms with Gasteiger partial charge in [0.2, 0.25) is 5.91 Å². The van der Waals surface area contributed by atoms with Crippen LogP contribution in [-0.2, 0) is 32.5 Å². The highest BCUT2D eigenvalue weighted by atomic mass is 32.1. The van der Waals surface area contributed by atoms with E-state index in [1.165, 1.54) is 13.1 Å². The van der Waals surface area contributed by atoms with E-state index in [4.69, 9.17) is 14.6 Å². The van der Waals surface area contributed by atoms with Crippen LogP contribution in [0.1, 0.15) is 35.1 Å². The zero-order chi connectivity index (χ0) is 25.2. The molecule has 0 radical (unpaired) electrons. The SMILES string of the molecule is CNC(=O)[C@@H](O)CN1CC[C@]2(C[C@@H]1C)OCCc1cc(C(F)(F)F)sc12.O=C(O)C(F)(F)F. The van der Waals surface area contributed by atoms with E-state index in [1.54, 1.807) is 0 Å². The van der Waals surface area contributed by atoms with Crippen LogP contribution >= 0.6 is 11.3 Å². The van der Waals surface area contributed by atoms with Gasteiger partial charge in [0.1, 0.15) is 16.6 Å². The van der Waals surface area contributed by atoms with Gasteiger partial charge in [-0.05, 0) is 37.8 Å². The fourth-order valence-electron chi connectivity index (χ4n) is 3.89. The van der Waals surface area contributed by atoms with Crippen LogP contribution in [0.15, 0.2) is 6.07 Å². The summed E-state index contributed by atoms with van der Waals surface area (Å²) in [5.41, 5.74) is 0.0370. The Hall–Kier alpha value is -1.90. The Balaban J connectivity index is 0.000000479. The molecule has 1 aromatic rings. The summed E-state index contributed by atoms with van der Waals surface area (Å²) in [6.07, 6.45) is -8.97. The van der Waals surface area contributed by atoms with E-state index < -0.39 is 40.8 Å². The molecule has 0 aromatic carbocycles. The second kappa shape index (κ2) is 10.2. The molecule has 1 aromatic heterocycles. The van der Waals surface area contributed by atoms with Gasteiger partial charge in [-0.3, -0.25) is 9.69 Å². The third-order valence-electron chi connectivity index (χ3n) is 5.50. The van der Waals surface area contributed by atoms with Gasteiger partial charge in [0.15, 0.2) is 0 Å². The molecular formula is C19H24F6N2O5S. The summed E-state index contributed by atoms with van der Waals surface area (Å²) in [6, 6.07) is 1.24. The number of alkyl halides is 6. The van der Waals surface area contributed by atoms with Crippen molar-refractivity contribution in [3.8, 4) is 0 Å². The molecule has 3 heterocycles. The molecule has 0 aliphatic carbocycles. The second-order valence-electron chi connectivity index (χ2n) is 7.79. The van der Waals surface area contributed by atoms with Crippen molar-refractivity contribution in [3.05, 3.63) is 21.4 Å². The van der Waals surface area contributed by atoms with E-state index >= 15 is 0 Å². The van der Waals surface area contributed by atoms with Crippen molar-refractivity contribution < 1.29 is 50.9 Å². The third-order valence-corrected chi connectivity index (χ3v) is 6.91. The van der Waals surface area contributed by atoms with Crippen molar-refractivity contribution in [1.82, 2.24) is 10.2 Å². The lowest BCUT2D eigenvalue weighted by molar-refractivity contribution is -0.192. The van der Waals surface area contributed by atoms with Crippen molar-refractivity contribution in [2.45, 2.75) is 56.3 Å². The number of likely N-dealkylation sites (tertiary alicyclic amines) is 1. The van der Waals surface area contributed by atoms with Gasteiger partial charge < -0.3 is 20.3 Å². The van der Waals surface area contributed by atoms with E-state index in [2.05, 4.69) is 5.32 Å². The Morgan fingerprint density at radius 2 is 1.94 bits per heavy atom.